The second-order valence-corrected chi connectivity index (χ2v) is 7.31. The predicted molar refractivity (Wildman–Crippen MR) is 87.2 cm³/mol. The zero-order valence-corrected chi connectivity index (χ0v) is 13.3. The van der Waals surface area contributed by atoms with Crippen molar-refractivity contribution in [2.45, 2.75) is 4.87 Å². The van der Waals surface area contributed by atoms with E-state index in [1.807, 2.05) is 41.3 Å². The number of nitrogens with zero attached hydrogens (tertiary/aromatic N) is 1. The Morgan fingerprint density at radius 2 is 1.90 bits per heavy atom. The molecule has 2 aliphatic rings. The minimum absolute atomic E-state index is 0.0756. The standard InChI is InChI=1S/C16H11Cl2NOS/c17-11-3-1-2-10(8-11)16-14-9-12(18)4-5-13(14)15(20)19(16)6-7-21-16/h1-5,8-9H,6-7H2. The summed E-state index contributed by atoms with van der Waals surface area (Å²) < 4.78 is 0. The molecular formula is C16H11Cl2NOS. The van der Waals surface area contributed by atoms with Crippen molar-refractivity contribution < 1.29 is 4.79 Å². The van der Waals surface area contributed by atoms with Crippen LogP contribution in [0.4, 0.5) is 0 Å². The number of fused-ring (bicyclic) bond motifs is 3. The summed E-state index contributed by atoms with van der Waals surface area (Å²) in [5.41, 5.74) is 2.75. The van der Waals surface area contributed by atoms with Crippen LogP contribution in [0.1, 0.15) is 21.5 Å². The predicted octanol–water partition coefficient (Wildman–Crippen LogP) is 4.40. The first-order valence-electron chi connectivity index (χ1n) is 6.65. The zero-order valence-electron chi connectivity index (χ0n) is 11.0. The van der Waals surface area contributed by atoms with E-state index >= 15 is 0 Å². The fourth-order valence-corrected chi connectivity index (χ4v) is 5.09. The molecule has 1 amide bonds. The summed E-state index contributed by atoms with van der Waals surface area (Å²) in [6.45, 7) is 0.738. The SMILES string of the molecule is O=C1c2ccc(Cl)cc2C2(c3cccc(Cl)c3)SCCN12. The van der Waals surface area contributed by atoms with Gasteiger partial charge in [-0.2, -0.15) is 0 Å². The van der Waals surface area contributed by atoms with E-state index in [9.17, 15) is 4.79 Å². The molecule has 106 valence electrons. The summed E-state index contributed by atoms with van der Waals surface area (Å²) in [6.07, 6.45) is 0. The molecule has 2 nitrogen and oxygen atoms in total. The Bertz CT molecular complexity index is 764. The Morgan fingerprint density at radius 1 is 1.10 bits per heavy atom. The highest BCUT2D eigenvalue weighted by Gasteiger charge is 2.54. The monoisotopic (exact) mass is 335 g/mol. The molecular weight excluding hydrogens is 325 g/mol. The van der Waals surface area contributed by atoms with Crippen molar-refractivity contribution >= 4 is 40.9 Å². The Hall–Kier alpha value is -1.16. The van der Waals surface area contributed by atoms with E-state index in [1.54, 1.807) is 17.8 Å². The van der Waals surface area contributed by atoms with Crippen LogP contribution in [-0.2, 0) is 4.87 Å². The van der Waals surface area contributed by atoms with E-state index in [0.717, 1.165) is 29.0 Å². The fourth-order valence-electron chi connectivity index (χ4n) is 3.21. The lowest BCUT2D eigenvalue weighted by atomic mass is 9.97. The van der Waals surface area contributed by atoms with Gasteiger partial charge in [0.25, 0.3) is 5.91 Å². The molecule has 0 spiro atoms. The normalized spacial score (nSPS) is 23.3. The van der Waals surface area contributed by atoms with Gasteiger partial charge < -0.3 is 4.90 Å². The first kappa shape index (κ1) is 13.5. The second-order valence-electron chi connectivity index (χ2n) is 5.15. The minimum Gasteiger partial charge on any atom is -0.315 e. The molecule has 2 aliphatic heterocycles. The van der Waals surface area contributed by atoms with E-state index in [0.29, 0.717) is 10.0 Å². The van der Waals surface area contributed by atoms with Crippen LogP contribution in [0, 0.1) is 0 Å². The van der Waals surface area contributed by atoms with Crippen molar-refractivity contribution in [1.82, 2.24) is 4.90 Å². The third-order valence-corrected chi connectivity index (χ3v) is 5.99. The third kappa shape index (κ3) is 1.78. The lowest BCUT2D eigenvalue weighted by Crippen LogP contribution is -2.37. The highest BCUT2D eigenvalue weighted by molar-refractivity contribution is 8.00. The minimum atomic E-state index is -0.484. The van der Waals surface area contributed by atoms with E-state index in [4.69, 9.17) is 23.2 Å². The average molecular weight is 336 g/mol. The van der Waals surface area contributed by atoms with E-state index in [1.165, 1.54) is 0 Å². The number of thioether (sulfide) groups is 1. The molecule has 1 fully saturated rings. The molecule has 1 unspecified atom stereocenters. The van der Waals surface area contributed by atoms with E-state index < -0.39 is 4.87 Å². The molecule has 1 saturated heterocycles. The van der Waals surface area contributed by atoms with E-state index in [2.05, 4.69) is 0 Å². The maximum absolute atomic E-state index is 12.7. The highest BCUT2D eigenvalue weighted by atomic mass is 35.5. The van der Waals surface area contributed by atoms with Gasteiger partial charge in [0.05, 0.1) is 0 Å². The summed E-state index contributed by atoms with van der Waals surface area (Å²) in [5, 5.41) is 1.33. The Kier molecular flexibility index (Phi) is 3.00. The first-order chi connectivity index (χ1) is 10.1. The molecule has 4 rings (SSSR count). The van der Waals surface area contributed by atoms with Crippen molar-refractivity contribution in [2.24, 2.45) is 0 Å². The molecule has 2 aromatic carbocycles. The third-order valence-electron chi connectivity index (χ3n) is 4.04. The van der Waals surface area contributed by atoms with Crippen LogP contribution in [0.3, 0.4) is 0 Å². The summed E-state index contributed by atoms with van der Waals surface area (Å²) in [7, 11) is 0. The van der Waals surface area contributed by atoms with Gasteiger partial charge in [0.1, 0.15) is 4.87 Å². The first-order valence-corrected chi connectivity index (χ1v) is 8.39. The quantitative estimate of drug-likeness (QED) is 0.769. The lowest BCUT2D eigenvalue weighted by Gasteiger charge is -2.32. The van der Waals surface area contributed by atoms with Crippen LogP contribution in [-0.4, -0.2) is 23.1 Å². The van der Waals surface area contributed by atoms with Gasteiger partial charge in [-0.25, -0.2) is 0 Å². The molecule has 2 heterocycles. The number of rotatable bonds is 1. The Labute approximate surface area is 137 Å². The van der Waals surface area contributed by atoms with Crippen molar-refractivity contribution in [3.63, 3.8) is 0 Å². The molecule has 0 saturated carbocycles. The summed E-state index contributed by atoms with van der Waals surface area (Å²) in [6, 6.07) is 13.3. The topological polar surface area (TPSA) is 20.3 Å². The largest absolute Gasteiger partial charge is 0.315 e. The number of benzene rings is 2. The van der Waals surface area contributed by atoms with Gasteiger partial charge in [-0.15, -0.1) is 11.8 Å². The van der Waals surface area contributed by atoms with Gasteiger partial charge in [0.2, 0.25) is 0 Å². The zero-order chi connectivity index (χ0) is 14.6. The van der Waals surface area contributed by atoms with Gasteiger partial charge >= 0.3 is 0 Å². The number of halogens is 2. The summed E-state index contributed by atoms with van der Waals surface area (Å²) >= 11 is 14.1. The molecule has 0 radical (unpaired) electrons. The van der Waals surface area contributed by atoms with Gasteiger partial charge in [-0.3, -0.25) is 4.79 Å². The van der Waals surface area contributed by atoms with Crippen LogP contribution in [0.2, 0.25) is 10.0 Å². The molecule has 2 aromatic rings. The molecule has 1 atom stereocenters. The Morgan fingerprint density at radius 3 is 2.71 bits per heavy atom. The molecule has 0 aromatic heterocycles. The van der Waals surface area contributed by atoms with E-state index in [-0.39, 0.29) is 5.91 Å². The smallest absolute Gasteiger partial charge is 0.255 e. The molecule has 0 aliphatic carbocycles. The van der Waals surface area contributed by atoms with Crippen molar-refractivity contribution in [3.8, 4) is 0 Å². The molecule has 0 N–H and O–H groups in total. The number of carbonyl (C=O) groups excluding carboxylic acids is 1. The number of hydrogen-bond acceptors (Lipinski definition) is 2. The second kappa shape index (κ2) is 4.67. The maximum Gasteiger partial charge on any atom is 0.255 e. The van der Waals surface area contributed by atoms with Crippen molar-refractivity contribution in [2.75, 3.05) is 12.3 Å². The van der Waals surface area contributed by atoms with Gasteiger partial charge in [0.15, 0.2) is 0 Å². The Balaban J connectivity index is 2.02. The van der Waals surface area contributed by atoms with Crippen molar-refractivity contribution in [3.05, 3.63) is 69.2 Å². The van der Waals surface area contributed by atoms with Crippen molar-refractivity contribution in [1.29, 1.82) is 0 Å². The van der Waals surface area contributed by atoms with Crippen LogP contribution in [0.5, 0.6) is 0 Å². The number of hydrogen-bond donors (Lipinski definition) is 0. The fraction of sp³-hybridized carbons (Fsp3) is 0.188. The maximum atomic E-state index is 12.7. The van der Waals surface area contributed by atoms with Crippen LogP contribution in [0.25, 0.3) is 0 Å². The average Bonchev–Trinajstić information content (AvgIpc) is 3.00. The lowest BCUT2D eigenvalue weighted by molar-refractivity contribution is 0.0752. The van der Waals surface area contributed by atoms with Crippen LogP contribution < -0.4 is 0 Å². The van der Waals surface area contributed by atoms with Gasteiger partial charge in [-0.1, -0.05) is 35.3 Å². The summed E-state index contributed by atoms with van der Waals surface area (Å²) in [5.74, 6) is 0.983. The summed E-state index contributed by atoms with van der Waals surface area (Å²) in [4.78, 5) is 14.1. The van der Waals surface area contributed by atoms with Gasteiger partial charge in [-0.05, 0) is 35.9 Å². The van der Waals surface area contributed by atoms with Crippen LogP contribution in [0.15, 0.2) is 42.5 Å². The highest BCUT2D eigenvalue weighted by Crippen LogP contribution is 2.55. The molecule has 5 heteroatoms. The number of carbonyl (C=O) groups is 1. The molecule has 0 bridgehead atoms. The molecule has 21 heavy (non-hydrogen) atoms. The van der Waals surface area contributed by atoms with Crippen LogP contribution >= 0.6 is 35.0 Å². The van der Waals surface area contributed by atoms with Gasteiger partial charge in [0, 0.05) is 33.5 Å². The number of amides is 1.